The summed E-state index contributed by atoms with van der Waals surface area (Å²) >= 11 is 0. The van der Waals surface area contributed by atoms with Crippen LogP contribution in [0.15, 0.2) is 42.5 Å². The van der Waals surface area contributed by atoms with Crippen molar-refractivity contribution in [3.8, 4) is 0 Å². The molecule has 1 aromatic carbocycles. The van der Waals surface area contributed by atoms with E-state index in [9.17, 15) is 9.59 Å². The van der Waals surface area contributed by atoms with Crippen molar-refractivity contribution >= 4 is 11.9 Å². The molecule has 0 N–H and O–H groups in total. The van der Waals surface area contributed by atoms with Gasteiger partial charge in [-0.05, 0) is 43.6 Å². The zero-order chi connectivity index (χ0) is 20.2. The van der Waals surface area contributed by atoms with Gasteiger partial charge in [0.25, 0.3) is 0 Å². The van der Waals surface area contributed by atoms with Crippen LogP contribution in [0.25, 0.3) is 0 Å². The summed E-state index contributed by atoms with van der Waals surface area (Å²) in [4.78, 5) is 22.6. The highest BCUT2D eigenvalue weighted by Gasteiger charge is 2.37. The molecule has 2 rings (SSSR count). The summed E-state index contributed by atoms with van der Waals surface area (Å²) < 4.78 is 16.2. The Balaban J connectivity index is 1.81. The number of carbonyl (C=O) groups is 2. The highest BCUT2D eigenvalue weighted by atomic mass is 16.5. The summed E-state index contributed by atoms with van der Waals surface area (Å²) in [5.74, 6) is 0.266. The fraction of sp³-hybridized carbons (Fsp3) is 0.565. The number of hydrogen-bond donors (Lipinski definition) is 0. The van der Waals surface area contributed by atoms with E-state index in [0.717, 1.165) is 32.1 Å². The molecular formula is C23H32O5. The number of hydrogen-bond acceptors (Lipinski definition) is 5. The van der Waals surface area contributed by atoms with E-state index in [1.54, 1.807) is 0 Å². The number of carbonyl (C=O) groups excluding carboxylic acids is 2. The topological polar surface area (TPSA) is 61.8 Å². The molecule has 1 fully saturated rings. The van der Waals surface area contributed by atoms with Crippen molar-refractivity contribution in [2.24, 2.45) is 11.8 Å². The van der Waals surface area contributed by atoms with Gasteiger partial charge in [-0.2, -0.15) is 0 Å². The molecule has 5 nitrogen and oxygen atoms in total. The molecule has 154 valence electrons. The summed E-state index contributed by atoms with van der Waals surface area (Å²) in [5.41, 5.74) is 1.17. The largest absolute Gasteiger partial charge is 0.469 e. The maximum Gasteiger partial charge on any atom is 0.305 e. The number of benzene rings is 1. The Morgan fingerprint density at radius 1 is 1.14 bits per heavy atom. The second-order valence-corrected chi connectivity index (χ2v) is 7.33. The van der Waals surface area contributed by atoms with Crippen LogP contribution in [0, 0.1) is 11.8 Å². The Labute approximate surface area is 168 Å². The Bertz CT molecular complexity index is 625. The summed E-state index contributed by atoms with van der Waals surface area (Å²) in [5, 5.41) is 0. The molecule has 0 heterocycles. The summed E-state index contributed by atoms with van der Waals surface area (Å²) in [7, 11) is 1.41. The van der Waals surface area contributed by atoms with E-state index >= 15 is 0 Å². The van der Waals surface area contributed by atoms with Crippen molar-refractivity contribution in [2.45, 2.75) is 58.2 Å². The van der Waals surface area contributed by atoms with E-state index in [-0.39, 0.29) is 24.0 Å². The number of ether oxygens (including phenoxy) is 3. The van der Waals surface area contributed by atoms with Gasteiger partial charge < -0.3 is 14.2 Å². The Kier molecular flexibility index (Phi) is 9.77. The molecule has 0 aromatic heterocycles. The first kappa shape index (κ1) is 22.2. The zero-order valence-corrected chi connectivity index (χ0v) is 17.0. The van der Waals surface area contributed by atoms with E-state index in [4.69, 9.17) is 9.47 Å². The van der Waals surface area contributed by atoms with Crippen molar-refractivity contribution in [3.63, 3.8) is 0 Å². The number of methoxy groups -OCH3 is 1. The molecule has 28 heavy (non-hydrogen) atoms. The van der Waals surface area contributed by atoms with Crippen molar-refractivity contribution in [1.82, 2.24) is 0 Å². The molecule has 3 atom stereocenters. The van der Waals surface area contributed by atoms with Gasteiger partial charge >= 0.3 is 11.9 Å². The predicted octanol–water partition coefficient (Wildman–Crippen LogP) is 4.45. The molecule has 0 spiro atoms. The van der Waals surface area contributed by atoms with Crippen molar-refractivity contribution in [1.29, 1.82) is 0 Å². The Morgan fingerprint density at radius 2 is 1.93 bits per heavy atom. The number of allylic oxidation sites excluding steroid dienone is 2. The van der Waals surface area contributed by atoms with Gasteiger partial charge in [-0.15, -0.1) is 0 Å². The summed E-state index contributed by atoms with van der Waals surface area (Å²) in [6.45, 7) is 2.75. The van der Waals surface area contributed by atoms with Crippen LogP contribution in [0.4, 0.5) is 0 Å². The third-order valence-corrected chi connectivity index (χ3v) is 5.22. The summed E-state index contributed by atoms with van der Waals surface area (Å²) in [6.07, 6.45) is 9.03. The normalized spacial score (nSPS) is 21.7. The van der Waals surface area contributed by atoms with Gasteiger partial charge in [-0.1, -0.05) is 42.5 Å². The van der Waals surface area contributed by atoms with E-state index in [0.29, 0.717) is 25.6 Å². The van der Waals surface area contributed by atoms with Crippen LogP contribution in [0.5, 0.6) is 0 Å². The molecule has 1 saturated carbocycles. The predicted molar refractivity (Wildman–Crippen MR) is 107 cm³/mol. The van der Waals surface area contributed by atoms with E-state index in [1.807, 2.05) is 18.2 Å². The molecular weight excluding hydrogens is 356 g/mol. The Hall–Kier alpha value is -2.14. The first-order valence-corrected chi connectivity index (χ1v) is 10.1. The third kappa shape index (κ3) is 7.85. The maximum atomic E-state index is 11.4. The fourth-order valence-corrected chi connectivity index (χ4v) is 3.76. The van der Waals surface area contributed by atoms with Crippen LogP contribution < -0.4 is 0 Å². The molecule has 1 aliphatic rings. The minimum absolute atomic E-state index is 0.0393. The maximum absolute atomic E-state index is 11.4. The van der Waals surface area contributed by atoms with Gasteiger partial charge in [0.05, 0.1) is 20.3 Å². The second kappa shape index (κ2) is 12.3. The van der Waals surface area contributed by atoms with Crippen LogP contribution in [0.1, 0.15) is 51.0 Å². The van der Waals surface area contributed by atoms with Gasteiger partial charge in [0.15, 0.2) is 0 Å². The summed E-state index contributed by atoms with van der Waals surface area (Å²) in [6, 6.07) is 10.1. The molecule has 0 amide bonds. The van der Waals surface area contributed by atoms with Gasteiger partial charge in [0, 0.05) is 19.3 Å². The van der Waals surface area contributed by atoms with Gasteiger partial charge in [-0.3, -0.25) is 9.59 Å². The van der Waals surface area contributed by atoms with Gasteiger partial charge in [0.1, 0.15) is 6.10 Å². The van der Waals surface area contributed by atoms with Gasteiger partial charge in [-0.25, -0.2) is 0 Å². The molecule has 0 radical (unpaired) electrons. The third-order valence-electron chi connectivity index (χ3n) is 5.22. The van der Waals surface area contributed by atoms with Crippen LogP contribution in [0.3, 0.4) is 0 Å². The van der Waals surface area contributed by atoms with E-state index < -0.39 is 0 Å². The minimum Gasteiger partial charge on any atom is -0.469 e. The standard InChI is InChI=1S/C23H32O5/c1-18(24)28-22-15-14-20(17-27-16-19-10-6-5-7-11-19)21(22)12-8-3-4-9-13-23(25)26-2/h3,5-8,10-11,20-22H,4,9,12-17H2,1-2H3/t20-,21-,22+/m1/s1. The molecule has 5 heteroatoms. The van der Waals surface area contributed by atoms with E-state index in [1.165, 1.54) is 19.6 Å². The van der Waals surface area contributed by atoms with Crippen molar-refractivity contribution in [3.05, 3.63) is 48.0 Å². The lowest BCUT2D eigenvalue weighted by atomic mass is 9.91. The molecule has 0 saturated heterocycles. The number of unbranched alkanes of at least 4 members (excludes halogenated alkanes) is 1. The molecule has 0 aliphatic heterocycles. The van der Waals surface area contributed by atoms with Crippen LogP contribution in [-0.4, -0.2) is 31.8 Å². The monoisotopic (exact) mass is 388 g/mol. The zero-order valence-electron chi connectivity index (χ0n) is 17.0. The smallest absolute Gasteiger partial charge is 0.305 e. The SMILES string of the molecule is COC(=O)CCCC=CC[C@@H]1[C@@H](COCc2ccccc2)CC[C@@H]1OC(C)=O. The van der Waals surface area contributed by atoms with Crippen LogP contribution >= 0.6 is 0 Å². The molecule has 0 bridgehead atoms. The quantitative estimate of drug-likeness (QED) is 0.318. The number of esters is 2. The highest BCUT2D eigenvalue weighted by Crippen LogP contribution is 2.37. The van der Waals surface area contributed by atoms with Gasteiger partial charge in [0.2, 0.25) is 0 Å². The lowest BCUT2D eigenvalue weighted by Crippen LogP contribution is -2.26. The molecule has 1 aromatic rings. The van der Waals surface area contributed by atoms with Crippen LogP contribution in [-0.2, 0) is 30.4 Å². The molecule has 0 unspecified atom stereocenters. The van der Waals surface area contributed by atoms with E-state index in [2.05, 4.69) is 29.0 Å². The average molecular weight is 389 g/mol. The Morgan fingerprint density at radius 3 is 2.64 bits per heavy atom. The second-order valence-electron chi connectivity index (χ2n) is 7.33. The lowest BCUT2D eigenvalue weighted by Gasteiger charge is -2.23. The highest BCUT2D eigenvalue weighted by molar-refractivity contribution is 5.69. The lowest BCUT2D eigenvalue weighted by molar-refractivity contribution is -0.148. The first-order chi connectivity index (χ1) is 13.6. The fourth-order valence-electron chi connectivity index (χ4n) is 3.76. The number of rotatable bonds is 11. The van der Waals surface area contributed by atoms with Crippen molar-refractivity contribution < 1.29 is 23.8 Å². The van der Waals surface area contributed by atoms with Crippen LogP contribution in [0.2, 0.25) is 0 Å². The average Bonchev–Trinajstić information content (AvgIpc) is 3.06. The first-order valence-electron chi connectivity index (χ1n) is 10.1. The minimum atomic E-state index is -0.220. The molecule has 1 aliphatic carbocycles. The van der Waals surface area contributed by atoms with Crippen molar-refractivity contribution in [2.75, 3.05) is 13.7 Å².